The minimum absolute atomic E-state index is 0.0524. The normalized spacial score (nSPS) is 27.7. The summed E-state index contributed by atoms with van der Waals surface area (Å²) in [4.78, 5) is 12.0. The van der Waals surface area contributed by atoms with Gasteiger partial charge in [0.2, 0.25) is 0 Å². The van der Waals surface area contributed by atoms with Gasteiger partial charge in [0.15, 0.2) is 5.78 Å². The zero-order chi connectivity index (χ0) is 11.4. The van der Waals surface area contributed by atoms with Gasteiger partial charge in [-0.05, 0) is 25.7 Å². The lowest BCUT2D eigenvalue weighted by Crippen LogP contribution is -2.24. The van der Waals surface area contributed by atoms with Crippen LogP contribution in [0.3, 0.4) is 0 Å². The van der Waals surface area contributed by atoms with Crippen molar-refractivity contribution in [1.82, 2.24) is 0 Å². The second kappa shape index (κ2) is 5.27. The highest BCUT2D eigenvalue weighted by Gasteiger charge is 2.33. The summed E-state index contributed by atoms with van der Waals surface area (Å²) in [6.07, 6.45) is 1.60. The van der Waals surface area contributed by atoms with E-state index in [1.54, 1.807) is 0 Å². The van der Waals surface area contributed by atoms with Crippen LogP contribution in [0.4, 0.5) is 0 Å². The predicted octanol–water partition coefficient (Wildman–Crippen LogP) is 2.17. The maximum Gasteiger partial charge on any atom is 0.155 e. The van der Waals surface area contributed by atoms with Gasteiger partial charge >= 0.3 is 0 Å². The number of nitriles is 1. The van der Waals surface area contributed by atoms with E-state index in [1.165, 1.54) is 0 Å². The van der Waals surface area contributed by atoms with E-state index in [9.17, 15) is 4.79 Å². The van der Waals surface area contributed by atoms with Crippen molar-refractivity contribution in [3.05, 3.63) is 0 Å². The smallest absolute Gasteiger partial charge is 0.155 e. The predicted molar refractivity (Wildman–Crippen MR) is 57.1 cm³/mol. The molecule has 0 aromatic carbocycles. The molecule has 1 rings (SSSR count). The molecule has 0 aliphatic carbocycles. The zero-order valence-corrected chi connectivity index (χ0v) is 9.69. The molecule has 15 heavy (non-hydrogen) atoms. The fourth-order valence-electron chi connectivity index (χ4n) is 2.00. The number of carbonyl (C=O) groups excluding carboxylic acids is 1. The van der Waals surface area contributed by atoms with E-state index in [2.05, 4.69) is 6.07 Å². The molecule has 1 aliphatic heterocycles. The third-order valence-corrected chi connectivity index (χ3v) is 2.81. The average Bonchev–Trinajstić information content (AvgIpc) is 2.60. The minimum atomic E-state index is -0.441. The Kier molecular flexibility index (Phi) is 4.28. The molecule has 1 heterocycles. The number of Topliss-reactive ketones (excluding diaryl/α,β-unsaturated/α-hetero) is 1. The Balaban J connectivity index is 2.54. The molecule has 0 saturated carbocycles. The van der Waals surface area contributed by atoms with Crippen LogP contribution in [0.1, 0.15) is 33.6 Å². The topological polar surface area (TPSA) is 50.1 Å². The molecular formula is C12H19NO2. The Bertz CT molecular complexity index is 267. The maximum atomic E-state index is 12.0. The second-order valence-corrected chi connectivity index (χ2v) is 4.79. The van der Waals surface area contributed by atoms with Gasteiger partial charge in [-0.25, -0.2) is 0 Å². The summed E-state index contributed by atoms with van der Waals surface area (Å²) in [5.41, 5.74) is 0. The van der Waals surface area contributed by atoms with Crippen LogP contribution >= 0.6 is 0 Å². The molecule has 0 N–H and O–H groups in total. The van der Waals surface area contributed by atoms with Gasteiger partial charge in [-0.15, -0.1) is 0 Å². The summed E-state index contributed by atoms with van der Waals surface area (Å²) in [6.45, 7) is 6.53. The molecule has 0 aromatic heterocycles. The Labute approximate surface area is 91.4 Å². The van der Waals surface area contributed by atoms with Crippen molar-refractivity contribution in [2.45, 2.75) is 39.7 Å². The van der Waals surface area contributed by atoms with Gasteiger partial charge < -0.3 is 4.74 Å². The lowest BCUT2D eigenvalue weighted by atomic mass is 9.87. The highest BCUT2D eigenvalue weighted by atomic mass is 16.5. The van der Waals surface area contributed by atoms with Crippen LogP contribution in [-0.2, 0) is 9.53 Å². The third-order valence-electron chi connectivity index (χ3n) is 2.81. The van der Waals surface area contributed by atoms with Crippen LogP contribution in [0.2, 0.25) is 0 Å². The number of ether oxygens (including phenoxy) is 1. The number of ketones is 1. The first-order chi connectivity index (χ1) is 7.04. The quantitative estimate of drug-likeness (QED) is 0.713. The van der Waals surface area contributed by atoms with Crippen molar-refractivity contribution >= 4 is 5.78 Å². The standard InChI is InChI=1S/C12H19NO2/c1-8(2)4-10(6-13)12(14)11-5-9(3)15-7-11/h8-11H,4-5,7H2,1-3H3. The van der Waals surface area contributed by atoms with Crippen LogP contribution in [0.5, 0.6) is 0 Å². The van der Waals surface area contributed by atoms with E-state index in [0.29, 0.717) is 18.9 Å². The van der Waals surface area contributed by atoms with Crippen molar-refractivity contribution in [1.29, 1.82) is 5.26 Å². The average molecular weight is 209 g/mol. The van der Waals surface area contributed by atoms with Gasteiger partial charge in [0.1, 0.15) is 5.92 Å². The molecule has 3 atom stereocenters. The van der Waals surface area contributed by atoms with Crippen molar-refractivity contribution in [2.24, 2.45) is 17.8 Å². The molecule has 1 fully saturated rings. The number of rotatable bonds is 4. The largest absolute Gasteiger partial charge is 0.378 e. The van der Waals surface area contributed by atoms with Gasteiger partial charge in [-0.3, -0.25) is 4.79 Å². The summed E-state index contributed by atoms with van der Waals surface area (Å²) in [5, 5.41) is 8.96. The Morgan fingerprint density at radius 3 is 2.67 bits per heavy atom. The molecule has 0 amide bonds. The van der Waals surface area contributed by atoms with Crippen molar-refractivity contribution in [2.75, 3.05) is 6.61 Å². The molecule has 0 radical (unpaired) electrons. The molecule has 1 saturated heterocycles. The summed E-state index contributed by atoms with van der Waals surface area (Å²) < 4.78 is 5.36. The molecule has 0 spiro atoms. The highest BCUT2D eigenvalue weighted by molar-refractivity contribution is 5.85. The summed E-state index contributed by atoms with van der Waals surface area (Å²) in [6, 6.07) is 2.12. The Hall–Kier alpha value is -0.880. The molecule has 0 bridgehead atoms. The molecule has 3 heteroatoms. The van der Waals surface area contributed by atoms with Gasteiger partial charge in [0, 0.05) is 5.92 Å². The summed E-state index contributed by atoms with van der Waals surface area (Å²) in [7, 11) is 0. The van der Waals surface area contributed by atoms with E-state index in [-0.39, 0.29) is 17.8 Å². The number of hydrogen-bond acceptors (Lipinski definition) is 3. The zero-order valence-electron chi connectivity index (χ0n) is 9.69. The summed E-state index contributed by atoms with van der Waals surface area (Å²) >= 11 is 0. The van der Waals surface area contributed by atoms with E-state index in [4.69, 9.17) is 10.00 Å². The van der Waals surface area contributed by atoms with Gasteiger partial charge in [0.25, 0.3) is 0 Å². The summed E-state index contributed by atoms with van der Waals surface area (Å²) in [5.74, 6) is -0.0267. The SMILES string of the molecule is CC(C)CC(C#N)C(=O)C1COC(C)C1. The first-order valence-corrected chi connectivity index (χ1v) is 5.59. The van der Waals surface area contributed by atoms with E-state index < -0.39 is 5.92 Å². The van der Waals surface area contributed by atoms with Crippen LogP contribution in [0.15, 0.2) is 0 Å². The van der Waals surface area contributed by atoms with E-state index in [0.717, 1.165) is 6.42 Å². The molecule has 84 valence electrons. The van der Waals surface area contributed by atoms with Gasteiger partial charge in [-0.2, -0.15) is 5.26 Å². The Morgan fingerprint density at radius 2 is 2.27 bits per heavy atom. The minimum Gasteiger partial charge on any atom is -0.378 e. The number of carbonyl (C=O) groups is 1. The first-order valence-electron chi connectivity index (χ1n) is 5.59. The van der Waals surface area contributed by atoms with Crippen LogP contribution in [-0.4, -0.2) is 18.5 Å². The van der Waals surface area contributed by atoms with Gasteiger partial charge in [0.05, 0.1) is 18.8 Å². The monoisotopic (exact) mass is 209 g/mol. The van der Waals surface area contributed by atoms with Gasteiger partial charge in [-0.1, -0.05) is 13.8 Å². The molecule has 0 aromatic rings. The molecule has 3 unspecified atom stereocenters. The lowest BCUT2D eigenvalue weighted by molar-refractivity contribution is -0.125. The van der Waals surface area contributed by atoms with Crippen LogP contribution in [0.25, 0.3) is 0 Å². The van der Waals surface area contributed by atoms with E-state index >= 15 is 0 Å². The third kappa shape index (κ3) is 3.32. The fourth-order valence-corrected chi connectivity index (χ4v) is 2.00. The highest BCUT2D eigenvalue weighted by Crippen LogP contribution is 2.25. The number of nitrogens with zero attached hydrogens (tertiary/aromatic N) is 1. The maximum absolute atomic E-state index is 12.0. The second-order valence-electron chi connectivity index (χ2n) is 4.79. The van der Waals surface area contributed by atoms with Crippen LogP contribution in [0, 0.1) is 29.1 Å². The van der Waals surface area contributed by atoms with E-state index in [1.807, 2.05) is 20.8 Å². The van der Waals surface area contributed by atoms with Crippen molar-refractivity contribution < 1.29 is 9.53 Å². The van der Waals surface area contributed by atoms with Crippen molar-refractivity contribution in [3.63, 3.8) is 0 Å². The number of hydrogen-bond donors (Lipinski definition) is 0. The lowest BCUT2D eigenvalue weighted by Gasteiger charge is -2.13. The Morgan fingerprint density at radius 1 is 1.60 bits per heavy atom. The van der Waals surface area contributed by atoms with Crippen molar-refractivity contribution in [3.8, 4) is 6.07 Å². The molecule has 1 aliphatic rings. The van der Waals surface area contributed by atoms with Crippen LogP contribution < -0.4 is 0 Å². The fraction of sp³-hybridized carbons (Fsp3) is 0.833. The first kappa shape index (κ1) is 12.2. The molecule has 3 nitrogen and oxygen atoms in total. The molecular weight excluding hydrogens is 190 g/mol.